The molecule has 2 atom stereocenters. The Kier molecular flexibility index (Phi) is 8.93. The minimum absolute atomic E-state index is 0. The number of carbonyl (C=O) groups excluding carboxylic acids is 1. The predicted octanol–water partition coefficient (Wildman–Crippen LogP) is 3.17. The summed E-state index contributed by atoms with van der Waals surface area (Å²) in [4.78, 5) is 12.4. The van der Waals surface area contributed by atoms with Crippen LogP contribution in [0.15, 0.2) is 18.2 Å². The average Bonchev–Trinajstić information content (AvgIpc) is 2.55. The summed E-state index contributed by atoms with van der Waals surface area (Å²) in [6.07, 6.45) is 4.00. The van der Waals surface area contributed by atoms with E-state index in [1.165, 1.54) is 0 Å². The number of amides is 1. The maximum absolute atomic E-state index is 12.4. The highest BCUT2D eigenvalue weighted by atomic mass is 35.5. The van der Waals surface area contributed by atoms with Gasteiger partial charge in [-0.05, 0) is 50.9 Å². The van der Waals surface area contributed by atoms with Gasteiger partial charge in [0.1, 0.15) is 0 Å². The molecule has 2 unspecified atom stereocenters. The molecular weight excluding hydrogens is 328 g/mol. The fourth-order valence-corrected chi connectivity index (χ4v) is 2.79. The molecule has 5 nitrogen and oxygen atoms in total. The van der Waals surface area contributed by atoms with Crippen molar-refractivity contribution < 1.29 is 14.3 Å². The number of piperidine rings is 1. The van der Waals surface area contributed by atoms with E-state index in [1.54, 1.807) is 19.2 Å². The maximum Gasteiger partial charge on any atom is 0.251 e. The van der Waals surface area contributed by atoms with Crippen molar-refractivity contribution in [3.63, 3.8) is 0 Å². The predicted molar refractivity (Wildman–Crippen MR) is 98.6 cm³/mol. The third-order valence-electron chi connectivity index (χ3n) is 4.14. The molecule has 2 N–H and O–H groups in total. The fraction of sp³-hybridized carbons (Fsp3) is 0.611. The van der Waals surface area contributed by atoms with Crippen LogP contribution in [0, 0.1) is 0 Å². The lowest BCUT2D eigenvalue weighted by Gasteiger charge is -2.28. The fourth-order valence-electron chi connectivity index (χ4n) is 2.79. The molecule has 136 valence electrons. The molecule has 0 saturated carbocycles. The smallest absolute Gasteiger partial charge is 0.251 e. The standard InChI is InChI=1S/C18H28N2O3.ClH/c1-4-5-10-23-16-7-6-14(12-17(16)22-3)18(21)20-15-8-9-19-13(2)11-15;/h6-7,12-13,15,19H,4-5,8-11H2,1-3H3,(H,20,21);1H. The van der Waals surface area contributed by atoms with E-state index in [2.05, 4.69) is 24.5 Å². The second-order valence-electron chi connectivity index (χ2n) is 6.12. The highest BCUT2D eigenvalue weighted by Gasteiger charge is 2.21. The van der Waals surface area contributed by atoms with Gasteiger partial charge in [-0.2, -0.15) is 0 Å². The summed E-state index contributed by atoms with van der Waals surface area (Å²) >= 11 is 0. The van der Waals surface area contributed by atoms with E-state index in [0.717, 1.165) is 32.2 Å². The zero-order valence-electron chi connectivity index (χ0n) is 14.8. The minimum Gasteiger partial charge on any atom is -0.493 e. The van der Waals surface area contributed by atoms with Gasteiger partial charge in [0.2, 0.25) is 0 Å². The zero-order chi connectivity index (χ0) is 16.7. The van der Waals surface area contributed by atoms with Crippen molar-refractivity contribution in [3.8, 4) is 11.5 Å². The Bertz CT molecular complexity index is 525. The van der Waals surface area contributed by atoms with E-state index in [1.807, 2.05) is 6.07 Å². The molecule has 1 aliphatic heterocycles. The molecule has 1 fully saturated rings. The van der Waals surface area contributed by atoms with Crippen LogP contribution in [0.1, 0.15) is 49.9 Å². The number of ether oxygens (including phenoxy) is 2. The maximum atomic E-state index is 12.4. The molecule has 1 aromatic rings. The number of halogens is 1. The molecule has 1 aliphatic rings. The number of unbranched alkanes of at least 4 members (excludes halogenated alkanes) is 1. The van der Waals surface area contributed by atoms with Crippen LogP contribution in [0.2, 0.25) is 0 Å². The summed E-state index contributed by atoms with van der Waals surface area (Å²) in [6, 6.07) is 6.03. The van der Waals surface area contributed by atoms with Gasteiger partial charge in [0.15, 0.2) is 11.5 Å². The molecule has 0 aromatic heterocycles. The van der Waals surface area contributed by atoms with Crippen LogP contribution >= 0.6 is 12.4 Å². The largest absolute Gasteiger partial charge is 0.493 e. The van der Waals surface area contributed by atoms with E-state index in [4.69, 9.17) is 9.47 Å². The minimum atomic E-state index is -0.0532. The summed E-state index contributed by atoms with van der Waals surface area (Å²) in [5, 5.41) is 6.50. The summed E-state index contributed by atoms with van der Waals surface area (Å²) < 4.78 is 11.1. The second kappa shape index (κ2) is 10.4. The first-order valence-corrected chi connectivity index (χ1v) is 8.49. The Balaban J connectivity index is 0.00000288. The lowest BCUT2D eigenvalue weighted by molar-refractivity contribution is 0.0925. The highest BCUT2D eigenvalue weighted by molar-refractivity contribution is 5.95. The van der Waals surface area contributed by atoms with Gasteiger partial charge < -0.3 is 20.1 Å². The molecule has 1 amide bonds. The van der Waals surface area contributed by atoms with Gasteiger partial charge >= 0.3 is 0 Å². The van der Waals surface area contributed by atoms with E-state index in [-0.39, 0.29) is 24.4 Å². The van der Waals surface area contributed by atoms with Crippen molar-refractivity contribution in [3.05, 3.63) is 23.8 Å². The molecular formula is C18H29ClN2O3. The van der Waals surface area contributed by atoms with Crippen LogP contribution in [0.3, 0.4) is 0 Å². The number of hydrogen-bond donors (Lipinski definition) is 2. The van der Waals surface area contributed by atoms with E-state index in [9.17, 15) is 4.79 Å². The van der Waals surface area contributed by atoms with Crippen molar-refractivity contribution >= 4 is 18.3 Å². The molecule has 1 aromatic carbocycles. The summed E-state index contributed by atoms with van der Waals surface area (Å²) in [5.74, 6) is 1.24. The Hall–Kier alpha value is -1.46. The van der Waals surface area contributed by atoms with Crippen LogP contribution in [0.4, 0.5) is 0 Å². The van der Waals surface area contributed by atoms with E-state index in [0.29, 0.717) is 29.7 Å². The van der Waals surface area contributed by atoms with Crippen LogP contribution in [0.5, 0.6) is 11.5 Å². The Morgan fingerprint density at radius 1 is 1.38 bits per heavy atom. The summed E-state index contributed by atoms with van der Waals surface area (Å²) in [6.45, 7) is 5.87. The third-order valence-corrected chi connectivity index (χ3v) is 4.14. The molecule has 6 heteroatoms. The van der Waals surface area contributed by atoms with E-state index >= 15 is 0 Å². The number of benzene rings is 1. The van der Waals surface area contributed by atoms with Gasteiger partial charge in [0.25, 0.3) is 5.91 Å². The van der Waals surface area contributed by atoms with Gasteiger partial charge in [-0.25, -0.2) is 0 Å². The topological polar surface area (TPSA) is 59.6 Å². The SMILES string of the molecule is CCCCOc1ccc(C(=O)NC2CCNC(C)C2)cc1OC.Cl. The van der Waals surface area contributed by atoms with E-state index < -0.39 is 0 Å². The van der Waals surface area contributed by atoms with Gasteiger partial charge in [-0.15, -0.1) is 12.4 Å². The van der Waals surface area contributed by atoms with Crippen molar-refractivity contribution in [1.29, 1.82) is 0 Å². The van der Waals surface area contributed by atoms with Crippen LogP contribution in [-0.4, -0.2) is 38.3 Å². The van der Waals surface area contributed by atoms with Crippen LogP contribution in [0.25, 0.3) is 0 Å². The monoisotopic (exact) mass is 356 g/mol. The van der Waals surface area contributed by atoms with Crippen molar-refractivity contribution in [2.24, 2.45) is 0 Å². The van der Waals surface area contributed by atoms with Gasteiger partial charge in [0, 0.05) is 17.6 Å². The quantitative estimate of drug-likeness (QED) is 0.737. The summed E-state index contributed by atoms with van der Waals surface area (Å²) in [7, 11) is 1.60. The molecule has 0 radical (unpaired) electrons. The molecule has 1 heterocycles. The first-order chi connectivity index (χ1) is 11.1. The first-order valence-electron chi connectivity index (χ1n) is 8.49. The molecule has 0 aliphatic carbocycles. The first kappa shape index (κ1) is 20.6. The molecule has 1 saturated heterocycles. The molecule has 2 rings (SSSR count). The molecule has 0 spiro atoms. The molecule has 0 bridgehead atoms. The number of hydrogen-bond acceptors (Lipinski definition) is 4. The summed E-state index contributed by atoms with van der Waals surface area (Å²) in [5.41, 5.74) is 0.607. The Morgan fingerprint density at radius 2 is 2.17 bits per heavy atom. The normalized spacial score (nSPS) is 20.0. The second-order valence-corrected chi connectivity index (χ2v) is 6.12. The Morgan fingerprint density at radius 3 is 2.83 bits per heavy atom. The number of methoxy groups -OCH3 is 1. The lowest BCUT2D eigenvalue weighted by atomic mass is 10.0. The number of nitrogens with one attached hydrogen (secondary N) is 2. The highest BCUT2D eigenvalue weighted by Crippen LogP contribution is 2.28. The van der Waals surface area contributed by atoms with Crippen molar-refractivity contribution in [2.75, 3.05) is 20.3 Å². The van der Waals surface area contributed by atoms with Crippen molar-refractivity contribution in [2.45, 2.75) is 51.6 Å². The Labute approximate surface area is 150 Å². The number of rotatable bonds is 7. The van der Waals surface area contributed by atoms with Crippen LogP contribution in [-0.2, 0) is 0 Å². The van der Waals surface area contributed by atoms with Gasteiger partial charge in [-0.3, -0.25) is 4.79 Å². The number of carbonyl (C=O) groups is 1. The van der Waals surface area contributed by atoms with Gasteiger partial charge in [0.05, 0.1) is 13.7 Å². The third kappa shape index (κ3) is 5.87. The van der Waals surface area contributed by atoms with Crippen LogP contribution < -0.4 is 20.1 Å². The average molecular weight is 357 g/mol. The molecule has 24 heavy (non-hydrogen) atoms. The zero-order valence-corrected chi connectivity index (χ0v) is 15.6. The van der Waals surface area contributed by atoms with Gasteiger partial charge in [-0.1, -0.05) is 13.3 Å². The lowest BCUT2D eigenvalue weighted by Crippen LogP contribution is -2.46. The van der Waals surface area contributed by atoms with Crippen molar-refractivity contribution in [1.82, 2.24) is 10.6 Å².